The summed E-state index contributed by atoms with van der Waals surface area (Å²) in [5, 5.41) is 0. The van der Waals surface area contributed by atoms with Gasteiger partial charge in [-0.25, -0.2) is 9.13 Å². The second-order valence-corrected chi connectivity index (χ2v) is 8.37. The van der Waals surface area contributed by atoms with Gasteiger partial charge < -0.3 is 9.47 Å². The van der Waals surface area contributed by atoms with E-state index in [2.05, 4.69) is 108 Å². The van der Waals surface area contributed by atoms with Gasteiger partial charge in [0.1, 0.15) is 35.3 Å². The standard InChI is InChI=1S/C25H33N2O2/c1-16(2)28-22-11-18(5)24(19(6)12-22)26-9-10-27(15-26)25-20(7)13-23(14-21(25)8)29-17(3)4/h9-17H,1-8H3/q+1. The van der Waals surface area contributed by atoms with Crippen LogP contribution in [-0.2, 0) is 0 Å². The summed E-state index contributed by atoms with van der Waals surface area (Å²) in [4.78, 5) is 0. The lowest BCUT2D eigenvalue weighted by atomic mass is 10.1. The molecule has 0 unspecified atom stereocenters. The van der Waals surface area contributed by atoms with Crippen molar-refractivity contribution in [2.75, 3.05) is 0 Å². The molecule has 2 aromatic carbocycles. The van der Waals surface area contributed by atoms with Gasteiger partial charge in [0.15, 0.2) is 0 Å². The molecule has 0 fully saturated rings. The first kappa shape index (κ1) is 21.0. The van der Waals surface area contributed by atoms with E-state index in [1.54, 1.807) is 0 Å². The smallest absolute Gasteiger partial charge is 0.254 e. The van der Waals surface area contributed by atoms with Crippen molar-refractivity contribution in [3.63, 3.8) is 0 Å². The first-order valence-corrected chi connectivity index (χ1v) is 10.3. The quantitative estimate of drug-likeness (QED) is 0.513. The first-order chi connectivity index (χ1) is 13.7. The van der Waals surface area contributed by atoms with E-state index < -0.39 is 0 Å². The number of ether oxygens (including phenoxy) is 2. The van der Waals surface area contributed by atoms with Crippen LogP contribution >= 0.6 is 0 Å². The Bertz CT molecular complexity index is 889. The topological polar surface area (TPSA) is 27.3 Å². The van der Waals surface area contributed by atoms with Crippen molar-refractivity contribution >= 4 is 0 Å². The Hall–Kier alpha value is -2.75. The van der Waals surface area contributed by atoms with Gasteiger partial charge in [-0.3, -0.25) is 0 Å². The SMILES string of the molecule is Cc1cc(OC(C)C)cc(C)c1-n1cc[n+](-c2c(C)cc(OC(C)C)cc2C)c1. The van der Waals surface area contributed by atoms with Gasteiger partial charge in [0.05, 0.1) is 12.2 Å². The van der Waals surface area contributed by atoms with Crippen molar-refractivity contribution in [2.45, 2.75) is 67.6 Å². The molecule has 0 saturated heterocycles. The van der Waals surface area contributed by atoms with Crippen LogP contribution in [0.5, 0.6) is 11.5 Å². The number of hydrogen-bond donors (Lipinski definition) is 0. The van der Waals surface area contributed by atoms with Gasteiger partial charge >= 0.3 is 0 Å². The summed E-state index contributed by atoms with van der Waals surface area (Å²) in [5.41, 5.74) is 7.15. The molecule has 0 aliphatic heterocycles. The highest BCUT2D eigenvalue weighted by Crippen LogP contribution is 2.27. The van der Waals surface area contributed by atoms with E-state index >= 15 is 0 Å². The van der Waals surface area contributed by atoms with Gasteiger partial charge in [-0.1, -0.05) is 0 Å². The molecule has 1 aromatic heterocycles. The molecular weight excluding hydrogens is 360 g/mol. The number of aromatic nitrogens is 2. The lowest BCUT2D eigenvalue weighted by Gasteiger charge is -2.14. The maximum Gasteiger partial charge on any atom is 0.254 e. The lowest BCUT2D eigenvalue weighted by molar-refractivity contribution is -0.595. The largest absolute Gasteiger partial charge is 0.491 e. The molecule has 0 amide bonds. The van der Waals surface area contributed by atoms with Crippen LogP contribution in [0.1, 0.15) is 49.9 Å². The molecule has 154 valence electrons. The number of nitrogens with zero attached hydrogens (tertiary/aromatic N) is 2. The maximum atomic E-state index is 5.88. The monoisotopic (exact) mass is 393 g/mol. The zero-order valence-corrected chi connectivity index (χ0v) is 18.9. The molecule has 3 aromatic rings. The van der Waals surface area contributed by atoms with E-state index in [9.17, 15) is 0 Å². The maximum absolute atomic E-state index is 5.88. The molecule has 0 spiro atoms. The molecule has 4 nitrogen and oxygen atoms in total. The molecule has 0 atom stereocenters. The van der Waals surface area contributed by atoms with Crippen molar-refractivity contribution in [1.82, 2.24) is 4.57 Å². The summed E-state index contributed by atoms with van der Waals surface area (Å²) in [6.45, 7) is 16.7. The van der Waals surface area contributed by atoms with E-state index in [0.29, 0.717) is 0 Å². The summed E-state index contributed by atoms with van der Waals surface area (Å²) < 4.78 is 16.1. The van der Waals surface area contributed by atoms with Crippen LogP contribution in [0.4, 0.5) is 0 Å². The third-order valence-corrected chi connectivity index (χ3v) is 4.83. The fraction of sp³-hybridized carbons (Fsp3) is 0.400. The van der Waals surface area contributed by atoms with E-state index in [0.717, 1.165) is 11.5 Å². The van der Waals surface area contributed by atoms with Gasteiger partial charge in [0.2, 0.25) is 0 Å². The molecule has 4 heteroatoms. The van der Waals surface area contributed by atoms with Gasteiger partial charge in [-0.05, 0) is 79.7 Å². The fourth-order valence-electron chi connectivity index (χ4n) is 3.95. The predicted octanol–water partition coefficient (Wildman–Crippen LogP) is 5.56. The molecule has 3 rings (SSSR count). The molecule has 0 bridgehead atoms. The third kappa shape index (κ3) is 4.64. The average Bonchev–Trinajstić information content (AvgIpc) is 3.01. The van der Waals surface area contributed by atoms with E-state index in [1.165, 1.54) is 33.6 Å². The summed E-state index contributed by atoms with van der Waals surface area (Å²) in [5.74, 6) is 1.84. The minimum Gasteiger partial charge on any atom is -0.491 e. The molecule has 0 radical (unpaired) electrons. The Balaban J connectivity index is 1.98. The van der Waals surface area contributed by atoms with Crippen LogP contribution < -0.4 is 14.0 Å². The van der Waals surface area contributed by atoms with Gasteiger partial charge in [-0.2, -0.15) is 0 Å². The Morgan fingerprint density at radius 1 is 0.724 bits per heavy atom. The molecular formula is C25H33N2O2+. The van der Waals surface area contributed by atoms with E-state index in [-0.39, 0.29) is 12.2 Å². The Morgan fingerprint density at radius 2 is 1.17 bits per heavy atom. The van der Waals surface area contributed by atoms with E-state index in [4.69, 9.17) is 9.47 Å². The van der Waals surface area contributed by atoms with Gasteiger partial charge in [-0.15, -0.1) is 0 Å². The van der Waals surface area contributed by atoms with Crippen molar-refractivity contribution in [3.8, 4) is 22.9 Å². The highest BCUT2D eigenvalue weighted by molar-refractivity contribution is 5.51. The third-order valence-electron chi connectivity index (χ3n) is 4.83. The minimum absolute atomic E-state index is 0.169. The van der Waals surface area contributed by atoms with Gasteiger partial charge in [0, 0.05) is 22.3 Å². The first-order valence-electron chi connectivity index (χ1n) is 10.3. The van der Waals surface area contributed by atoms with Crippen LogP contribution in [0.25, 0.3) is 11.4 Å². The molecule has 0 N–H and O–H groups in total. The summed E-state index contributed by atoms with van der Waals surface area (Å²) in [6, 6.07) is 8.45. The summed E-state index contributed by atoms with van der Waals surface area (Å²) in [6.07, 6.45) is 6.69. The lowest BCUT2D eigenvalue weighted by Crippen LogP contribution is -2.30. The Morgan fingerprint density at radius 3 is 1.62 bits per heavy atom. The number of hydrogen-bond acceptors (Lipinski definition) is 2. The summed E-state index contributed by atoms with van der Waals surface area (Å²) in [7, 11) is 0. The molecule has 29 heavy (non-hydrogen) atoms. The van der Waals surface area contributed by atoms with Crippen molar-refractivity contribution in [1.29, 1.82) is 0 Å². The zero-order chi connectivity index (χ0) is 21.3. The molecule has 0 aliphatic carbocycles. The Kier molecular flexibility index (Phi) is 6.02. The minimum atomic E-state index is 0.169. The molecule has 0 saturated carbocycles. The number of aryl methyl sites for hydroxylation is 4. The number of rotatable bonds is 6. The van der Waals surface area contributed by atoms with Crippen molar-refractivity contribution in [2.24, 2.45) is 0 Å². The second kappa shape index (κ2) is 8.32. The molecule has 0 aliphatic rings. The van der Waals surface area contributed by atoms with Crippen LogP contribution in [0.3, 0.4) is 0 Å². The van der Waals surface area contributed by atoms with Crippen LogP contribution in [0.2, 0.25) is 0 Å². The molecule has 1 heterocycles. The van der Waals surface area contributed by atoms with Crippen LogP contribution in [0.15, 0.2) is 43.0 Å². The predicted molar refractivity (Wildman–Crippen MR) is 118 cm³/mol. The Labute approximate surface area is 174 Å². The van der Waals surface area contributed by atoms with E-state index in [1.807, 2.05) is 0 Å². The summed E-state index contributed by atoms with van der Waals surface area (Å²) >= 11 is 0. The fourth-order valence-corrected chi connectivity index (χ4v) is 3.95. The zero-order valence-electron chi connectivity index (χ0n) is 18.9. The van der Waals surface area contributed by atoms with Gasteiger partial charge in [0.25, 0.3) is 6.33 Å². The highest BCUT2D eigenvalue weighted by Gasteiger charge is 2.18. The highest BCUT2D eigenvalue weighted by atomic mass is 16.5. The number of imidazole rings is 1. The van der Waals surface area contributed by atoms with Crippen LogP contribution in [0, 0.1) is 27.7 Å². The number of benzene rings is 2. The second-order valence-electron chi connectivity index (χ2n) is 8.37. The normalized spacial score (nSPS) is 11.4. The van der Waals surface area contributed by atoms with Crippen LogP contribution in [-0.4, -0.2) is 16.8 Å². The van der Waals surface area contributed by atoms with Crippen molar-refractivity contribution in [3.05, 3.63) is 65.2 Å². The average molecular weight is 394 g/mol. The van der Waals surface area contributed by atoms with Crippen molar-refractivity contribution < 1.29 is 14.0 Å².